The van der Waals surface area contributed by atoms with Crippen LogP contribution < -0.4 is 5.32 Å². The Morgan fingerprint density at radius 1 is 1.17 bits per heavy atom. The maximum Gasteiger partial charge on any atom is 0.257 e. The van der Waals surface area contributed by atoms with E-state index in [1.807, 2.05) is 19.1 Å². The second-order valence-corrected chi connectivity index (χ2v) is 6.42. The molecule has 0 radical (unpaired) electrons. The number of aryl methyl sites for hydroxylation is 1. The zero-order chi connectivity index (χ0) is 17.4. The van der Waals surface area contributed by atoms with E-state index in [1.165, 1.54) is 35.9 Å². The van der Waals surface area contributed by atoms with Gasteiger partial charge in [0.05, 0.1) is 11.1 Å². The van der Waals surface area contributed by atoms with Gasteiger partial charge in [-0.25, -0.2) is 4.39 Å². The molecule has 3 rings (SSSR count). The zero-order valence-electron chi connectivity index (χ0n) is 13.1. The highest BCUT2D eigenvalue weighted by Gasteiger charge is 2.18. The standard InChI is InChI=1S/C18H14BrFN2O2/c1-10-7-12(19)3-6-16(10)21-18(24)15-9-22(11(2)23)17-8-13(20)4-5-14(15)17/h3-9H,1-2H3,(H,21,24). The summed E-state index contributed by atoms with van der Waals surface area (Å²) in [6.45, 7) is 3.25. The molecule has 6 heteroatoms. The van der Waals surface area contributed by atoms with Gasteiger partial charge in [0.15, 0.2) is 0 Å². The molecule has 1 N–H and O–H groups in total. The number of amides is 1. The lowest BCUT2D eigenvalue weighted by Crippen LogP contribution is -2.12. The van der Waals surface area contributed by atoms with Crippen LogP contribution in [0, 0.1) is 12.7 Å². The quantitative estimate of drug-likeness (QED) is 0.687. The van der Waals surface area contributed by atoms with Gasteiger partial charge in [-0.05, 0) is 48.9 Å². The van der Waals surface area contributed by atoms with Crippen molar-refractivity contribution in [1.29, 1.82) is 0 Å². The van der Waals surface area contributed by atoms with E-state index in [4.69, 9.17) is 0 Å². The summed E-state index contributed by atoms with van der Waals surface area (Å²) in [6.07, 6.45) is 1.44. The second-order valence-electron chi connectivity index (χ2n) is 5.51. The van der Waals surface area contributed by atoms with E-state index in [9.17, 15) is 14.0 Å². The van der Waals surface area contributed by atoms with Gasteiger partial charge in [0.2, 0.25) is 5.91 Å². The highest BCUT2D eigenvalue weighted by molar-refractivity contribution is 9.10. The molecule has 0 aliphatic carbocycles. The largest absolute Gasteiger partial charge is 0.322 e. The Hall–Kier alpha value is -2.47. The summed E-state index contributed by atoms with van der Waals surface area (Å²) in [5, 5.41) is 3.36. The van der Waals surface area contributed by atoms with Gasteiger partial charge in [-0.1, -0.05) is 15.9 Å². The minimum Gasteiger partial charge on any atom is -0.322 e. The number of anilines is 1. The Morgan fingerprint density at radius 2 is 1.92 bits per heavy atom. The number of benzene rings is 2. The number of rotatable bonds is 2. The highest BCUT2D eigenvalue weighted by atomic mass is 79.9. The molecule has 0 spiro atoms. The maximum atomic E-state index is 13.5. The number of carbonyl (C=O) groups is 2. The van der Waals surface area contributed by atoms with E-state index in [-0.39, 0.29) is 11.8 Å². The van der Waals surface area contributed by atoms with Gasteiger partial charge in [0, 0.05) is 28.7 Å². The normalized spacial score (nSPS) is 10.8. The molecule has 1 aromatic heterocycles. The predicted octanol–water partition coefficient (Wildman–Crippen LogP) is 4.76. The molecule has 2 aromatic carbocycles. The number of halogens is 2. The molecule has 4 nitrogen and oxygen atoms in total. The summed E-state index contributed by atoms with van der Waals surface area (Å²) in [5.74, 6) is -1.10. The smallest absolute Gasteiger partial charge is 0.257 e. The number of aromatic nitrogens is 1. The van der Waals surface area contributed by atoms with Gasteiger partial charge in [-0.3, -0.25) is 14.2 Å². The molecule has 3 aromatic rings. The molecule has 0 atom stereocenters. The van der Waals surface area contributed by atoms with Crippen LogP contribution in [0.15, 0.2) is 47.1 Å². The van der Waals surface area contributed by atoms with E-state index in [0.29, 0.717) is 22.2 Å². The van der Waals surface area contributed by atoms with Crippen molar-refractivity contribution in [3.05, 3.63) is 64.0 Å². The van der Waals surface area contributed by atoms with Gasteiger partial charge in [0.1, 0.15) is 5.82 Å². The predicted molar refractivity (Wildman–Crippen MR) is 95.0 cm³/mol. The molecule has 0 unspecified atom stereocenters. The minimum absolute atomic E-state index is 0.288. The average molecular weight is 389 g/mol. The molecule has 0 fully saturated rings. The Labute approximate surface area is 146 Å². The lowest BCUT2D eigenvalue weighted by molar-refractivity contribution is 0.0941. The Bertz CT molecular complexity index is 979. The number of fused-ring (bicyclic) bond motifs is 1. The van der Waals surface area contributed by atoms with Gasteiger partial charge >= 0.3 is 0 Å². The van der Waals surface area contributed by atoms with Crippen molar-refractivity contribution in [3.63, 3.8) is 0 Å². The molecule has 24 heavy (non-hydrogen) atoms. The van der Waals surface area contributed by atoms with Crippen LogP contribution in [0.1, 0.15) is 27.6 Å². The molecular weight excluding hydrogens is 375 g/mol. The molecule has 122 valence electrons. The summed E-state index contributed by atoms with van der Waals surface area (Å²) in [6, 6.07) is 9.54. The summed E-state index contributed by atoms with van der Waals surface area (Å²) < 4.78 is 15.7. The second kappa shape index (κ2) is 6.20. The van der Waals surface area contributed by atoms with E-state index in [2.05, 4.69) is 21.2 Å². The molecule has 0 saturated carbocycles. The van der Waals surface area contributed by atoms with Crippen molar-refractivity contribution >= 4 is 44.3 Å². The van der Waals surface area contributed by atoms with Crippen molar-refractivity contribution in [2.45, 2.75) is 13.8 Å². The lowest BCUT2D eigenvalue weighted by atomic mass is 10.1. The van der Waals surface area contributed by atoms with Crippen LogP contribution in [-0.2, 0) is 0 Å². The average Bonchev–Trinajstić information content (AvgIpc) is 2.89. The third-order valence-electron chi connectivity index (χ3n) is 3.79. The Balaban J connectivity index is 2.05. The molecule has 0 saturated heterocycles. The molecule has 0 aliphatic heterocycles. The fourth-order valence-electron chi connectivity index (χ4n) is 2.60. The number of nitrogens with one attached hydrogen (secondary N) is 1. The number of hydrogen-bond donors (Lipinski definition) is 1. The van der Waals surface area contributed by atoms with Gasteiger partial charge in [-0.15, -0.1) is 0 Å². The number of hydrogen-bond acceptors (Lipinski definition) is 2. The van der Waals surface area contributed by atoms with E-state index < -0.39 is 5.82 Å². The monoisotopic (exact) mass is 388 g/mol. The molecule has 0 aliphatic rings. The Kier molecular flexibility index (Phi) is 4.24. The van der Waals surface area contributed by atoms with Crippen molar-refractivity contribution in [2.75, 3.05) is 5.32 Å². The fourth-order valence-corrected chi connectivity index (χ4v) is 3.07. The van der Waals surface area contributed by atoms with Crippen LogP contribution in [-0.4, -0.2) is 16.4 Å². The van der Waals surface area contributed by atoms with Crippen molar-refractivity contribution in [2.24, 2.45) is 0 Å². The molecule has 1 amide bonds. The van der Waals surface area contributed by atoms with Crippen molar-refractivity contribution < 1.29 is 14.0 Å². The third-order valence-corrected chi connectivity index (χ3v) is 4.28. The van der Waals surface area contributed by atoms with Gasteiger partial charge in [0.25, 0.3) is 5.91 Å². The van der Waals surface area contributed by atoms with Crippen molar-refractivity contribution in [1.82, 2.24) is 4.57 Å². The molecular formula is C18H14BrFN2O2. The van der Waals surface area contributed by atoms with E-state index in [1.54, 1.807) is 6.07 Å². The zero-order valence-corrected chi connectivity index (χ0v) is 14.6. The van der Waals surface area contributed by atoms with Crippen LogP contribution in [0.25, 0.3) is 10.9 Å². The summed E-state index contributed by atoms with van der Waals surface area (Å²) in [5.41, 5.74) is 2.27. The van der Waals surface area contributed by atoms with Gasteiger partial charge in [-0.2, -0.15) is 0 Å². The highest BCUT2D eigenvalue weighted by Crippen LogP contribution is 2.25. The minimum atomic E-state index is -0.459. The van der Waals surface area contributed by atoms with Gasteiger partial charge < -0.3 is 5.32 Å². The van der Waals surface area contributed by atoms with Crippen LogP contribution in [0.3, 0.4) is 0 Å². The van der Waals surface area contributed by atoms with Crippen LogP contribution in [0.5, 0.6) is 0 Å². The first kappa shape index (κ1) is 16.4. The van der Waals surface area contributed by atoms with Crippen LogP contribution >= 0.6 is 15.9 Å². The van der Waals surface area contributed by atoms with E-state index in [0.717, 1.165) is 10.0 Å². The fraction of sp³-hybridized carbons (Fsp3) is 0.111. The Morgan fingerprint density at radius 3 is 2.58 bits per heavy atom. The summed E-state index contributed by atoms with van der Waals surface area (Å²) >= 11 is 3.38. The maximum absolute atomic E-state index is 13.5. The first-order chi connectivity index (χ1) is 11.4. The molecule has 0 bridgehead atoms. The third kappa shape index (κ3) is 2.97. The topological polar surface area (TPSA) is 51.1 Å². The number of nitrogens with zero attached hydrogens (tertiary/aromatic N) is 1. The van der Waals surface area contributed by atoms with Crippen LogP contribution in [0.2, 0.25) is 0 Å². The summed E-state index contributed by atoms with van der Waals surface area (Å²) in [4.78, 5) is 24.4. The first-order valence-electron chi connectivity index (χ1n) is 7.26. The van der Waals surface area contributed by atoms with E-state index >= 15 is 0 Å². The van der Waals surface area contributed by atoms with Crippen molar-refractivity contribution in [3.8, 4) is 0 Å². The molecule has 1 heterocycles. The lowest BCUT2D eigenvalue weighted by Gasteiger charge is -2.08. The SMILES string of the molecule is CC(=O)n1cc(C(=O)Nc2ccc(Br)cc2C)c2ccc(F)cc21. The first-order valence-corrected chi connectivity index (χ1v) is 8.05. The summed E-state index contributed by atoms with van der Waals surface area (Å²) in [7, 11) is 0. The number of carbonyl (C=O) groups excluding carboxylic acids is 2. The van der Waals surface area contributed by atoms with Crippen LogP contribution in [0.4, 0.5) is 10.1 Å².